The normalized spacial score (nSPS) is 10.6. The second-order valence-electron chi connectivity index (χ2n) is 2.59. The van der Waals surface area contributed by atoms with Gasteiger partial charge >= 0.3 is 0 Å². The van der Waals surface area contributed by atoms with E-state index in [1.165, 1.54) is 11.0 Å². The molecule has 0 aliphatic heterocycles. The van der Waals surface area contributed by atoms with Crippen molar-refractivity contribution in [2.45, 2.75) is 4.90 Å². The third kappa shape index (κ3) is 1.90. The van der Waals surface area contributed by atoms with E-state index in [4.69, 9.17) is 22.3 Å². The van der Waals surface area contributed by atoms with E-state index >= 15 is 0 Å². The van der Waals surface area contributed by atoms with Crippen molar-refractivity contribution in [2.24, 2.45) is 0 Å². The monoisotopic (exact) mass is 229 g/mol. The molecule has 2 aromatic rings. The Morgan fingerprint density at radius 2 is 2.08 bits per heavy atom. The number of halogens is 2. The maximum absolute atomic E-state index is 5.81. The van der Waals surface area contributed by atoms with Gasteiger partial charge in [0.05, 0.1) is 10.5 Å². The van der Waals surface area contributed by atoms with Crippen molar-refractivity contribution in [3.8, 4) is 0 Å². The zero-order valence-corrected chi connectivity index (χ0v) is 8.83. The standard InChI is InChI=1S/C9H5Cl2NS/c10-7-3-6-4-8(13-11)1-2-9(6)12-5-7/h1-5H. The van der Waals surface area contributed by atoms with Gasteiger partial charge in [-0.1, -0.05) is 11.6 Å². The predicted octanol–water partition coefficient (Wildman–Crippen LogP) is 4.13. The van der Waals surface area contributed by atoms with Crippen molar-refractivity contribution in [1.29, 1.82) is 0 Å². The molecule has 0 saturated carbocycles. The Balaban J connectivity index is 2.68. The smallest absolute Gasteiger partial charge is 0.0703 e. The van der Waals surface area contributed by atoms with Gasteiger partial charge in [-0.2, -0.15) is 0 Å². The highest BCUT2D eigenvalue weighted by molar-refractivity contribution is 8.21. The second-order valence-corrected chi connectivity index (χ2v) is 4.11. The third-order valence-electron chi connectivity index (χ3n) is 1.71. The van der Waals surface area contributed by atoms with E-state index in [2.05, 4.69) is 4.98 Å². The van der Waals surface area contributed by atoms with Crippen LogP contribution in [0, 0.1) is 0 Å². The quantitative estimate of drug-likeness (QED) is 0.730. The number of hydrogen-bond acceptors (Lipinski definition) is 2. The fraction of sp³-hybridized carbons (Fsp3) is 0. The molecule has 0 bridgehead atoms. The third-order valence-corrected chi connectivity index (χ3v) is 2.88. The first kappa shape index (κ1) is 9.13. The van der Waals surface area contributed by atoms with Gasteiger partial charge in [0.15, 0.2) is 0 Å². The summed E-state index contributed by atoms with van der Waals surface area (Å²) >= 11 is 5.81. The molecule has 0 unspecified atom stereocenters. The summed E-state index contributed by atoms with van der Waals surface area (Å²) < 4.78 is 0. The molecule has 1 aromatic heterocycles. The van der Waals surface area contributed by atoms with Crippen molar-refractivity contribution in [3.63, 3.8) is 0 Å². The highest BCUT2D eigenvalue weighted by Crippen LogP contribution is 2.26. The van der Waals surface area contributed by atoms with Crippen LogP contribution in [0.25, 0.3) is 10.9 Å². The molecule has 0 radical (unpaired) electrons. The van der Waals surface area contributed by atoms with Crippen LogP contribution in [0.2, 0.25) is 5.02 Å². The fourth-order valence-corrected chi connectivity index (χ4v) is 1.88. The molecule has 0 aliphatic carbocycles. The molecular weight excluding hydrogens is 225 g/mol. The summed E-state index contributed by atoms with van der Waals surface area (Å²) in [4.78, 5) is 5.17. The molecule has 0 amide bonds. The minimum absolute atomic E-state index is 0.643. The molecule has 0 spiro atoms. The van der Waals surface area contributed by atoms with E-state index in [-0.39, 0.29) is 0 Å². The minimum Gasteiger partial charge on any atom is -0.255 e. The molecule has 66 valence electrons. The second kappa shape index (κ2) is 3.74. The Hall–Kier alpha value is -0.440. The van der Waals surface area contributed by atoms with Crippen LogP contribution < -0.4 is 0 Å². The number of rotatable bonds is 1. The van der Waals surface area contributed by atoms with Crippen LogP contribution in [-0.2, 0) is 0 Å². The van der Waals surface area contributed by atoms with Gasteiger partial charge in [0.2, 0.25) is 0 Å². The zero-order valence-electron chi connectivity index (χ0n) is 6.50. The summed E-state index contributed by atoms with van der Waals surface area (Å²) in [5.74, 6) is 0. The summed E-state index contributed by atoms with van der Waals surface area (Å²) in [7, 11) is 6.82. The molecule has 4 heteroatoms. The summed E-state index contributed by atoms with van der Waals surface area (Å²) in [6.45, 7) is 0. The zero-order chi connectivity index (χ0) is 9.26. The lowest BCUT2D eigenvalue weighted by Crippen LogP contribution is -1.78. The van der Waals surface area contributed by atoms with E-state index in [9.17, 15) is 0 Å². The number of fused-ring (bicyclic) bond motifs is 1. The Morgan fingerprint density at radius 1 is 1.23 bits per heavy atom. The van der Waals surface area contributed by atoms with Gasteiger partial charge in [0.1, 0.15) is 0 Å². The first-order chi connectivity index (χ1) is 6.29. The van der Waals surface area contributed by atoms with Crippen LogP contribution in [0.1, 0.15) is 0 Å². The summed E-state index contributed by atoms with van der Waals surface area (Å²) in [5.41, 5.74) is 0.930. The van der Waals surface area contributed by atoms with Gasteiger partial charge in [0, 0.05) is 16.5 Å². The van der Waals surface area contributed by atoms with E-state index in [0.29, 0.717) is 5.02 Å². The lowest BCUT2D eigenvalue weighted by Gasteiger charge is -1.99. The lowest BCUT2D eigenvalue weighted by atomic mass is 10.2. The Kier molecular flexibility index (Phi) is 2.63. The number of pyridine rings is 1. The number of aromatic nitrogens is 1. The maximum atomic E-state index is 5.81. The van der Waals surface area contributed by atoms with Gasteiger partial charge < -0.3 is 0 Å². The van der Waals surface area contributed by atoms with E-state index in [1.807, 2.05) is 24.3 Å². The van der Waals surface area contributed by atoms with Crippen LogP contribution >= 0.6 is 33.3 Å². The Bertz CT molecular complexity index is 445. The SMILES string of the molecule is ClSc1ccc2ncc(Cl)cc2c1. The van der Waals surface area contributed by atoms with Crippen LogP contribution in [0.4, 0.5) is 0 Å². The summed E-state index contributed by atoms with van der Waals surface area (Å²) in [6, 6.07) is 7.70. The molecule has 0 saturated heterocycles. The van der Waals surface area contributed by atoms with E-state index in [0.717, 1.165) is 15.8 Å². The van der Waals surface area contributed by atoms with Crippen LogP contribution in [0.3, 0.4) is 0 Å². The molecule has 13 heavy (non-hydrogen) atoms. The first-order valence-corrected chi connectivity index (χ1v) is 5.65. The van der Waals surface area contributed by atoms with Gasteiger partial charge in [-0.25, -0.2) is 0 Å². The molecule has 1 nitrogen and oxygen atoms in total. The topological polar surface area (TPSA) is 12.9 Å². The highest BCUT2D eigenvalue weighted by Gasteiger charge is 1.98. The average molecular weight is 230 g/mol. The van der Waals surface area contributed by atoms with Crippen LogP contribution in [0.5, 0.6) is 0 Å². The fourth-order valence-electron chi connectivity index (χ4n) is 1.13. The predicted molar refractivity (Wildman–Crippen MR) is 58.5 cm³/mol. The number of hydrogen-bond donors (Lipinski definition) is 0. The average Bonchev–Trinajstić information content (AvgIpc) is 2.16. The van der Waals surface area contributed by atoms with Crippen molar-refractivity contribution >= 4 is 44.2 Å². The van der Waals surface area contributed by atoms with Crippen molar-refractivity contribution < 1.29 is 0 Å². The lowest BCUT2D eigenvalue weighted by molar-refractivity contribution is 1.39. The van der Waals surface area contributed by atoms with Crippen LogP contribution in [-0.4, -0.2) is 4.98 Å². The largest absolute Gasteiger partial charge is 0.255 e. The molecule has 0 N–H and O–H groups in total. The number of nitrogens with zero attached hydrogens (tertiary/aromatic N) is 1. The van der Waals surface area contributed by atoms with Crippen molar-refractivity contribution in [2.75, 3.05) is 0 Å². The summed E-state index contributed by atoms with van der Waals surface area (Å²) in [6.07, 6.45) is 1.64. The van der Waals surface area contributed by atoms with Gasteiger partial charge in [-0.3, -0.25) is 4.98 Å². The van der Waals surface area contributed by atoms with Gasteiger partial charge in [-0.15, -0.1) is 0 Å². The molecule has 1 aromatic carbocycles. The van der Waals surface area contributed by atoms with Crippen LogP contribution in [0.15, 0.2) is 35.4 Å². The molecule has 1 heterocycles. The van der Waals surface area contributed by atoms with E-state index < -0.39 is 0 Å². The Labute approximate surface area is 89.6 Å². The van der Waals surface area contributed by atoms with E-state index in [1.54, 1.807) is 6.20 Å². The molecule has 0 atom stereocenters. The number of benzene rings is 1. The first-order valence-electron chi connectivity index (χ1n) is 3.63. The maximum Gasteiger partial charge on any atom is 0.0703 e. The molecular formula is C9H5Cl2NS. The summed E-state index contributed by atoms with van der Waals surface area (Å²) in [5, 5.41) is 1.65. The molecule has 0 aliphatic rings. The minimum atomic E-state index is 0.643. The van der Waals surface area contributed by atoms with Crippen molar-refractivity contribution in [3.05, 3.63) is 35.5 Å². The molecule has 2 rings (SSSR count). The Morgan fingerprint density at radius 3 is 2.85 bits per heavy atom. The van der Waals surface area contributed by atoms with Crippen molar-refractivity contribution in [1.82, 2.24) is 4.98 Å². The molecule has 0 fully saturated rings. The highest BCUT2D eigenvalue weighted by atomic mass is 35.7. The van der Waals surface area contributed by atoms with Gasteiger partial charge in [0.25, 0.3) is 0 Å². The van der Waals surface area contributed by atoms with Gasteiger partial charge in [-0.05, 0) is 45.9 Å².